The summed E-state index contributed by atoms with van der Waals surface area (Å²) in [5.74, 6) is -0.375. The molecule has 0 bridgehead atoms. The van der Waals surface area contributed by atoms with Crippen LogP contribution in [0.25, 0.3) is 0 Å². The average Bonchev–Trinajstić information content (AvgIpc) is 2.90. The van der Waals surface area contributed by atoms with E-state index in [0.29, 0.717) is 17.1 Å². The highest BCUT2D eigenvalue weighted by Crippen LogP contribution is 2.22. The lowest BCUT2D eigenvalue weighted by Crippen LogP contribution is -2.43. The second-order valence-electron chi connectivity index (χ2n) is 8.44. The van der Waals surface area contributed by atoms with Gasteiger partial charge in [0.1, 0.15) is 0 Å². The van der Waals surface area contributed by atoms with E-state index in [4.69, 9.17) is 11.6 Å². The topological polar surface area (TPSA) is 52.6 Å². The van der Waals surface area contributed by atoms with Crippen molar-refractivity contribution in [2.45, 2.75) is 26.3 Å². The van der Waals surface area contributed by atoms with Crippen LogP contribution in [0.15, 0.2) is 84.9 Å². The predicted octanol–water partition coefficient (Wildman–Crippen LogP) is 5.42. The molecule has 1 N–H and O–H groups in total. The molecule has 0 saturated heterocycles. The first kappa shape index (κ1) is 26.5. The SMILES string of the molecule is CCN(CC)CCCN(CC(=O)NC(c1ccccc1)c1ccccc1)C(=O)c1ccc(Cl)cc1. The summed E-state index contributed by atoms with van der Waals surface area (Å²) >= 11 is 6.01. The normalized spacial score (nSPS) is 11.0. The van der Waals surface area contributed by atoms with E-state index in [1.165, 1.54) is 0 Å². The van der Waals surface area contributed by atoms with Gasteiger partial charge in [0.2, 0.25) is 5.91 Å². The Labute approximate surface area is 213 Å². The summed E-state index contributed by atoms with van der Waals surface area (Å²) in [7, 11) is 0. The maximum Gasteiger partial charge on any atom is 0.254 e. The molecule has 2 amide bonds. The van der Waals surface area contributed by atoms with Crippen LogP contribution in [0.4, 0.5) is 0 Å². The van der Waals surface area contributed by atoms with Gasteiger partial charge in [-0.3, -0.25) is 9.59 Å². The molecule has 35 heavy (non-hydrogen) atoms. The highest BCUT2D eigenvalue weighted by Gasteiger charge is 2.22. The highest BCUT2D eigenvalue weighted by molar-refractivity contribution is 6.30. The first-order valence-corrected chi connectivity index (χ1v) is 12.6. The Kier molecular flexibility index (Phi) is 10.3. The Morgan fingerprint density at radius 3 is 1.86 bits per heavy atom. The van der Waals surface area contributed by atoms with Crippen LogP contribution in [0.3, 0.4) is 0 Å². The van der Waals surface area contributed by atoms with Crippen molar-refractivity contribution in [1.82, 2.24) is 15.1 Å². The van der Waals surface area contributed by atoms with Crippen molar-refractivity contribution in [3.63, 3.8) is 0 Å². The van der Waals surface area contributed by atoms with Gasteiger partial charge in [-0.2, -0.15) is 0 Å². The van der Waals surface area contributed by atoms with Crippen LogP contribution in [-0.4, -0.2) is 54.3 Å². The van der Waals surface area contributed by atoms with E-state index in [9.17, 15) is 9.59 Å². The number of nitrogens with one attached hydrogen (secondary N) is 1. The van der Waals surface area contributed by atoms with Gasteiger partial charge in [-0.1, -0.05) is 86.1 Å². The molecule has 184 valence electrons. The number of nitrogens with zero attached hydrogens (tertiary/aromatic N) is 2. The van der Waals surface area contributed by atoms with E-state index >= 15 is 0 Å². The van der Waals surface area contributed by atoms with Crippen molar-refractivity contribution in [1.29, 1.82) is 0 Å². The van der Waals surface area contributed by atoms with E-state index in [1.807, 2.05) is 60.7 Å². The third-order valence-electron chi connectivity index (χ3n) is 6.08. The minimum absolute atomic E-state index is 0.0180. The zero-order valence-electron chi connectivity index (χ0n) is 20.5. The molecule has 5 nitrogen and oxygen atoms in total. The molecule has 6 heteroatoms. The van der Waals surface area contributed by atoms with Crippen molar-refractivity contribution in [3.8, 4) is 0 Å². The van der Waals surface area contributed by atoms with E-state index in [-0.39, 0.29) is 24.4 Å². The number of halogens is 1. The summed E-state index contributed by atoms with van der Waals surface area (Å²) in [6.45, 7) is 7.51. The second kappa shape index (κ2) is 13.7. The Balaban J connectivity index is 1.76. The quantitative estimate of drug-likeness (QED) is 0.368. The highest BCUT2D eigenvalue weighted by atomic mass is 35.5. The van der Waals surface area contributed by atoms with Crippen LogP contribution in [0, 0.1) is 0 Å². The summed E-state index contributed by atoms with van der Waals surface area (Å²) in [6, 6.07) is 26.2. The van der Waals surface area contributed by atoms with Gasteiger partial charge in [-0.15, -0.1) is 0 Å². The number of carbonyl (C=O) groups excluding carboxylic acids is 2. The summed E-state index contributed by atoms with van der Waals surface area (Å²) in [5.41, 5.74) is 2.50. The molecule has 0 aliphatic carbocycles. The smallest absolute Gasteiger partial charge is 0.254 e. The Hall–Kier alpha value is -3.15. The van der Waals surface area contributed by atoms with Gasteiger partial charge >= 0.3 is 0 Å². The summed E-state index contributed by atoms with van der Waals surface area (Å²) in [5, 5.41) is 3.72. The maximum absolute atomic E-state index is 13.3. The number of carbonyl (C=O) groups is 2. The Bertz CT molecular complexity index is 1010. The van der Waals surface area contributed by atoms with E-state index in [2.05, 4.69) is 24.1 Å². The molecule has 3 aromatic rings. The van der Waals surface area contributed by atoms with Gasteiger partial charge in [0.05, 0.1) is 12.6 Å². The van der Waals surface area contributed by atoms with Crippen molar-refractivity contribution in [2.24, 2.45) is 0 Å². The van der Waals surface area contributed by atoms with Gasteiger partial charge in [0, 0.05) is 17.1 Å². The molecule has 0 aromatic heterocycles. The average molecular weight is 492 g/mol. The molecule has 0 radical (unpaired) electrons. The molecule has 0 aliphatic rings. The van der Waals surface area contributed by atoms with Gasteiger partial charge in [-0.25, -0.2) is 0 Å². The van der Waals surface area contributed by atoms with Crippen LogP contribution in [0.5, 0.6) is 0 Å². The van der Waals surface area contributed by atoms with Gasteiger partial charge in [0.25, 0.3) is 5.91 Å². The first-order chi connectivity index (χ1) is 17.0. The van der Waals surface area contributed by atoms with Crippen LogP contribution >= 0.6 is 11.6 Å². The standard InChI is InChI=1S/C29H34ClN3O2/c1-3-32(4-2)20-11-21-33(29(35)25-16-18-26(30)19-17-25)22-27(34)31-28(23-12-7-5-8-13-23)24-14-9-6-10-15-24/h5-10,12-19,28H,3-4,11,20-22H2,1-2H3,(H,31,34). The molecule has 0 unspecified atom stereocenters. The van der Waals surface area contributed by atoms with Gasteiger partial charge in [0.15, 0.2) is 0 Å². The predicted molar refractivity (Wildman–Crippen MR) is 143 cm³/mol. The summed E-state index contributed by atoms with van der Waals surface area (Å²) in [4.78, 5) is 30.5. The summed E-state index contributed by atoms with van der Waals surface area (Å²) in [6.07, 6.45) is 0.787. The van der Waals surface area contributed by atoms with E-state index in [0.717, 1.165) is 37.2 Å². The van der Waals surface area contributed by atoms with Crippen molar-refractivity contribution in [3.05, 3.63) is 107 Å². The zero-order valence-corrected chi connectivity index (χ0v) is 21.2. The molecular weight excluding hydrogens is 458 g/mol. The Morgan fingerprint density at radius 2 is 1.34 bits per heavy atom. The third kappa shape index (κ3) is 7.94. The van der Waals surface area contributed by atoms with Gasteiger partial charge in [-0.05, 0) is 61.4 Å². The third-order valence-corrected chi connectivity index (χ3v) is 6.33. The van der Waals surface area contributed by atoms with Crippen molar-refractivity contribution >= 4 is 23.4 Å². The molecule has 0 aliphatic heterocycles. The lowest BCUT2D eigenvalue weighted by Gasteiger charge is -2.26. The van der Waals surface area contributed by atoms with Crippen LogP contribution < -0.4 is 5.32 Å². The fourth-order valence-electron chi connectivity index (χ4n) is 4.08. The minimum Gasteiger partial charge on any atom is -0.344 e. The second-order valence-corrected chi connectivity index (χ2v) is 8.87. The Morgan fingerprint density at radius 1 is 0.800 bits per heavy atom. The van der Waals surface area contributed by atoms with Crippen LogP contribution in [-0.2, 0) is 4.79 Å². The number of rotatable bonds is 12. The van der Waals surface area contributed by atoms with Crippen LogP contribution in [0.2, 0.25) is 5.02 Å². The molecule has 0 atom stereocenters. The molecular formula is C29H34ClN3O2. The molecule has 0 spiro atoms. The molecule has 0 fully saturated rings. The van der Waals surface area contributed by atoms with E-state index in [1.54, 1.807) is 29.2 Å². The lowest BCUT2D eigenvalue weighted by molar-refractivity contribution is -0.122. The van der Waals surface area contributed by atoms with Crippen molar-refractivity contribution in [2.75, 3.05) is 32.7 Å². The molecule has 0 saturated carbocycles. The number of hydrogen-bond acceptors (Lipinski definition) is 3. The largest absolute Gasteiger partial charge is 0.344 e. The first-order valence-electron chi connectivity index (χ1n) is 12.2. The number of hydrogen-bond donors (Lipinski definition) is 1. The van der Waals surface area contributed by atoms with Gasteiger partial charge < -0.3 is 15.1 Å². The monoisotopic (exact) mass is 491 g/mol. The summed E-state index contributed by atoms with van der Waals surface area (Å²) < 4.78 is 0. The minimum atomic E-state index is -0.298. The number of amides is 2. The fourth-order valence-corrected chi connectivity index (χ4v) is 4.21. The maximum atomic E-state index is 13.3. The molecule has 3 rings (SSSR count). The number of benzene rings is 3. The van der Waals surface area contributed by atoms with Crippen LogP contribution in [0.1, 0.15) is 47.8 Å². The fraction of sp³-hybridized carbons (Fsp3) is 0.310. The molecule has 0 heterocycles. The zero-order chi connectivity index (χ0) is 25.0. The molecule has 3 aromatic carbocycles. The lowest BCUT2D eigenvalue weighted by atomic mass is 9.98. The van der Waals surface area contributed by atoms with Crippen molar-refractivity contribution < 1.29 is 9.59 Å². The van der Waals surface area contributed by atoms with E-state index < -0.39 is 0 Å².